The number of hydrogen-bond donors (Lipinski definition) is 2. The van der Waals surface area contributed by atoms with E-state index in [-0.39, 0.29) is 11.9 Å². The van der Waals surface area contributed by atoms with Gasteiger partial charge in [-0.3, -0.25) is 4.79 Å². The molecule has 2 heterocycles. The maximum Gasteiger partial charge on any atom is 0.250 e. The number of rotatable bonds is 6. The number of carbonyl (C=O) groups is 1. The van der Waals surface area contributed by atoms with E-state index in [1.54, 1.807) is 31.2 Å². The van der Waals surface area contributed by atoms with Crippen LogP contribution in [0.5, 0.6) is 0 Å². The van der Waals surface area contributed by atoms with Crippen LogP contribution in [0.2, 0.25) is 0 Å². The first kappa shape index (κ1) is 20.8. The molecule has 1 aliphatic rings. The maximum atomic E-state index is 12.7. The third kappa shape index (κ3) is 5.30. The second-order valence-corrected chi connectivity index (χ2v) is 10.0. The van der Waals surface area contributed by atoms with Gasteiger partial charge in [-0.15, -0.1) is 11.3 Å². The minimum Gasteiger partial charge on any atom is -0.354 e. The molecule has 152 valence electrons. The first-order valence-electron chi connectivity index (χ1n) is 9.39. The number of aryl methyl sites for hydroxylation is 1. The van der Waals surface area contributed by atoms with E-state index in [1.165, 1.54) is 31.1 Å². The molecular formula is C19H25N3O4S2. The van der Waals surface area contributed by atoms with Crippen LogP contribution in [0.3, 0.4) is 0 Å². The number of nitrogens with one attached hydrogen (secondary N) is 2. The molecule has 1 amide bonds. The molecule has 1 aliphatic carbocycles. The van der Waals surface area contributed by atoms with E-state index in [9.17, 15) is 13.2 Å². The molecule has 0 aliphatic heterocycles. The van der Waals surface area contributed by atoms with E-state index < -0.39 is 10.0 Å². The van der Waals surface area contributed by atoms with E-state index in [4.69, 9.17) is 4.52 Å². The van der Waals surface area contributed by atoms with Crippen LogP contribution in [0.25, 0.3) is 12.2 Å². The summed E-state index contributed by atoms with van der Waals surface area (Å²) in [6.07, 6.45) is 9.70. The smallest absolute Gasteiger partial charge is 0.250 e. The number of carbonyl (C=O) groups excluding carboxylic acids is 1. The molecule has 9 heteroatoms. The van der Waals surface area contributed by atoms with Gasteiger partial charge in [-0.1, -0.05) is 30.8 Å². The molecule has 2 aromatic heterocycles. The number of hydrogen-bond acceptors (Lipinski definition) is 6. The van der Waals surface area contributed by atoms with Gasteiger partial charge in [0, 0.05) is 17.8 Å². The molecule has 0 unspecified atom stereocenters. The summed E-state index contributed by atoms with van der Waals surface area (Å²) in [5, 5.41) is 6.54. The van der Waals surface area contributed by atoms with Crippen molar-refractivity contribution >= 4 is 45.1 Å². The summed E-state index contributed by atoms with van der Waals surface area (Å²) in [4.78, 5) is 12.1. The van der Waals surface area contributed by atoms with Crippen LogP contribution < -0.4 is 10.0 Å². The largest absolute Gasteiger partial charge is 0.354 e. The highest BCUT2D eigenvalue weighted by atomic mass is 32.2. The van der Waals surface area contributed by atoms with E-state index in [0.717, 1.165) is 30.6 Å². The van der Waals surface area contributed by atoms with Gasteiger partial charge >= 0.3 is 0 Å². The quantitative estimate of drug-likeness (QED) is 0.679. The lowest BCUT2D eigenvalue weighted by Gasteiger charge is -2.15. The SMILES string of the molecule is CC(=O)Nc1c(C)noc1/C=C/c1ccc(S(=O)(=O)NC2CCCCCC2)s1. The summed E-state index contributed by atoms with van der Waals surface area (Å²) < 4.78 is 33.7. The summed E-state index contributed by atoms with van der Waals surface area (Å²) in [7, 11) is -3.52. The topological polar surface area (TPSA) is 101 Å². The Morgan fingerprint density at radius 2 is 1.93 bits per heavy atom. The van der Waals surface area contributed by atoms with Crippen molar-refractivity contribution in [2.75, 3.05) is 5.32 Å². The predicted molar refractivity (Wildman–Crippen MR) is 111 cm³/mol. The minimum atomic E-state index is -3.52. The zero-order valence-corrected chi connectivity index (χ0v) is 17.7. The highest BCUT2D eigenvalue weighted by Crippen LogP contribution is 2.27. The maximum absolute atomic E-state index is 12.7. The van der Waals surface area contributed by atoms with E-state index >= 15 is 0 Å². The van der Waals surface area contributed by atoms with E-state index in [1.807, 2.05) is 0 Å². The van der Waals surface area contributed by atoms with Crippen LogP contribution in [0.1, 0.15) is 61.8 Å². The van der Waals surface area contributed by atoms with Gasteiger partial charge in [0.1, 0.15) is 15.6 Å². The number of thiophene rings is 1. The third-order valence-electron chi connectivity index (χ3n) is 4.63. The van der Waals surface area contributed by atoms with Gasteiger partial charge in [0.05, 0.1) is 0 Å². The Balaban J connectivity index is 1.71. The van der Waals surface area contributed by atoms with Crippen LogP contribution in [-0.4, -0.2) is 25.5 Å². The Kier molecular flexibility index (Phi) is 6.69. The lowest BCUT2D eigenvalue weighted by Crippen LogP contribution is -2.33. The van der Waals surface area contributed by atoms with Crippen molar-refractivity contribution in [2.45, 2.75) is 62.6 Å². The van der Waals surface area contributed by atoms with Crippen molar-refractivity contribution in [1.82, 2.24) is 9.88 Å². The number of amides is 1. The molecular weight excluding hydrogens is 398 g/mol. The van der Waals surface area contributed by atoms with Crippen molar-refractivity contribution < 1.29 is 17.7 Å². The molecule has 0 spiro atoms. The fourth-order valence-corrected chi connectivity index (χ4v) is 5.78. The molecule has 1 fully saturated rings. The fourth-order valence-electron chi connectivity index (χ4n) is 3.23. The molecule has 0 aromatic carbocycles. The normalized spacial score (nSPS) is 16.4. The fraction of sp³-hybridized carbons (Fsp3) is 0.474. The molecule has 7 nitrogen and oxygen atoms in total. The number of nitrogens with zero attached hydrogens (tertiary/aromatic N) is 1. The number of sulfonamides is 1. The van der Waals surface area contributed by atoms with Gasteiger partial charge in [0.15, 0.2) is 5.76 Å². The molecule has 1 saturated carbocycles. The summed E-state index contributed by atoms with van der Waals surface area (Å²) in [5.41, 5.74) is 1.10. The van der Waals surface area contributed by atoms with Crippen LogP contribution in [-0.2, 0) is 14.8 Å². The summed E-state index contributed by atoms with van der Waals surface area (Å²) in [5.74, 6) is 0.206. The molecule has 28 heavy (non-hydrogen) atoms. The van der Waals surface area contributed by atoms with E-state index in [0.29, 0.717) is 21.4 Å². The van der Waals surface area contributed by atoms with Crippen LogP contribution in [0, 0.1) is 6.92 Å². The molecule has 0 radical (unpaired) electrons. The number of anilines is 1. The average molecular weight is 424 g/mol. The molecule has 2 aromatic rings. The molecule has 3 rings (SSSR count). The third-order valence-corrected chi connectivity index (χ3v) is 7.70. The Bertz CT molecular complexity index is 952. The van der Waals surface area contributed by atoms with Gasteiger partial charge in [-0.25, -0.2) is 13.1 Å². The standard InChI is InChI=1S/C19H25N3O4S2/c1-13-19(20-14(2)23)17(26-21-13)11-9-16-10-12-18(27-16)28(24,25)22-15-7-5-3-4-6-8-15/h9-12,15,22H,3-8H2,1-2H3,(H,20,23)/b11-9+. The second kappa shape index (κ2) is 9.02. The summed E-state index contributed by atoms with van der Waals surface area (Å²) in [6, 6.07) is 3.39. The van der Waals surface area contributed by atoms with Crippen LogP contribution >= 0.6 is 11.3 Å². The zero-order chi connectivity index (χ0) is 20.1. The lowest BCUT2D eigenvalue weighted by molar-refractivity contribution is -0.114. The second-order valence-electron chi connectivity index (χ2n) is 6.99. The van der Waals surface area contributed by atoms with Crippen molar-refractivity contribution in [3.63, 3.8) is 0 Å². The molecule has 2 N–H and O–H groups in total. The van der Waals surface area contributed by atoms with Gasteiger partial charge in [0.2, 0.25) is 15.9 Å². The van der Waals surface area contributed by atoms with Crippen LogP contribution in [0.15, 0.2) is 20.9 Å². The van der Waals surface area contributed by atoms with Crippen LogP contribution in [0.4, 0.5) is 5.69 Å². The Morgan fingerprint density at radius 3 is 2.61 bits per heavy atom. The Hall–Kier alpha value is -1.97. The highest BCUT2D eigenvalue weighted by molar-refractivity contribution is 7.91. The van der Waals surface area contributed by atoms with Gasteiger partial charge < -0.3 is 9.84 Å². The van der Waals surface area contributed by atoms with Crippen molar-refractivity contribution in [3.8, 4) is 0 Å². The number of aromatic nitrogens is 1. The van der Waals surface area contributed by atoms with E-state index in [2.05, 4.69) is 15.2 Å². The van der Waals surface area contributed by atoms with Gasteiger partial charge in [-0.2, -0.15) is 0 Å². The molecule has 0 saturated heterocycles. The average Bonchev–Trinajstić information content (AvgIpc) is 3.15. The minimum absolute atomic E-state index is 0.0194. The Labute approximate surface area is 169 Å². The molecule has 0 atom stereocenters. The summed E-state index contributed by atoms with van der Waals surface area (Å²) >= 11 is 1.19. The van der Waals surface area contributed by atoms with Gasteiger partial charge in [-0.05, 0) is 44.1 Å². The monoisotopic (exact) mass is 423 g/mol. The highest BCUT2D eigenvalue weighted by Gasteiger charge is 2.22. The van der Waals surface area contributed by atoms with Crippen molar-refractivity contribution in [2.24, 2.45) is 0 Å². The Morgan fingerprint density at radius 1 is 1.21 bits per heavy atom. The van der Waals surface area contributed by atoms with Crippen molar-refractivity contribution in [1.29, 1.82) is 0 Å². The van der Waals surface area contributed by atoms with Gasteiger partial charge in [0.25, 0.3) is 0 Å². The lowest BCUT2D eigenvalue weighted by atomic mass is 10.1. The predicted octanol–water partition coefficient (Wildman–Crippen LogP) is 4.17. The van der Waals surface area contributed by atoms with Crippen molar-refractivity contribution in [3.05, 3.63) is 28.5 Å². The molecule has 0 bridgehead atoms. The first-order valence-corrected chi connectivity index (χ1v) is 11.7. The summed E-state index contributed by atoms with van der Waals surface area (Å²) in [6.45, 7) is 3.15. The zero-order valence-electron chi connectivity index (χ0n) is 16.0. The first-order chi connectivity index (χ1) is 13.3.